The Labute approximate surface area is 108 Å². The first-order chi connectivity index (χ1) is 8.40. The number of carboxylic acids is 1. The molecule has 2 aliphatic rings. The third-order valence-corrected chi connectivity index (χ3v) is 3.89. The topological polar surface area (TPSA) is 69.6 Å². The van der Waals surface area contributed by atoms with Gasteiger partial charge in [-0.15, -0.1) is 0 Å². The van der Waals surface area contributed by atoms with E-state index in [4.69, 9.17) is 0 Å². The summed E-state index contributed by atoms with van der Waals surface area (Å²) in [6.07, 6.45) is 3.96. The molecule has 5 heteroatoms. The van der Waals surface area contributed by atoms with E-state index >= 15 is 0 Å². The minimum atomic E-state index is -0.820. The second-order valence-electron chi connectivity index (χ2n) is 6.15. The molecule has 1 amide bonds. The maximum Gasteiger partial charge on any atom is 0.321 e. The van der Waals surface area contributed by atoms with Crippen molar-refractivity contribution in [3.05, 3.63) is 0 Å². The summed E-state index contributed by atoms with van der Waals surface area (Å²) in [4.78, 5) is 25.0. The molecular formula is C13H22N2O3. The number of carbonyl (C=O) groups is 2. The van der Waals surface area contributed by atoms with Crippen LogP contribution in [0.4, 0.5) is 0 Å². The molecule has 0 aromatic heterocycles. The lowest BCUT2D eigenvalue weighted by molar-refractivity contribution is -0.151. The van der Waals surface area contributed by atoms with Crippen LogP contribution in [0, 0.1) is 5.41 Å². The number of amides is 1. The van der Waals surface area contributed by atoms with Crippen molar-refractivity contribution in [3.63, 3.8) is 0 Å². The predicted molar refractivity (Wildman–Crippen MR) is 67.2 cm³/mol. The number of rotatable bonds is 4. The summed E-state index contributed by atoms with van der Waals surface area (Å²) in [6, 6.07) is -0.227. The van der Waals surface area contributed by atoms with Crippen molar-refractivity contribution in [2.24, 2.45) is 5.41 Å². The maximum atomic E-state index is 11.8. The Morgan fingerprint density at radius 3 is 2.61 bits per heavy atom. The van der Waals surface area contributed by atoms with Gasteiger partial charge in [0.15, 0.2) is 0 Å². The van der Waals surface area contributed by atoms with E-state index in [0.29, 0.717) is 12.6 Å². The molecule has 0 aromatic rings. The molecule has 1 saturated carbocycles. The van der Waals surface area contributed by atoms with Gasteiger partial charge in [0.05, 0.1) is 6.54 Å². The van der Waals surface area contributed by atoms with E-state index < -0.39 is 12.0 Å². The van der Waals surface area contributed by atoms with Crippen molar-refractivity contribution in [2.75, 3.05) is 13.1 Å². The summed E-state index contributed by atoms with van der Waals surface area (Å²) < 4.78 is 0. The highest BCUT2D eigenvalue weighted by Gasteiger charge is 2.43. The van der Waals surface area contributed by atoms with E-state index in [0.717, 1.165) is 25.7 Å². The lowest BCUT2D eigenvalue weighted by atomic mass is 9.76. The number of carboxylic acid groups (broad SMARTS) is 1. The number of aliphatic carboxylic acids is 1. The Morgan fingerprint density at radius 1 is 1.39 bits per heavy atom. The zero-order valence-electron chi connectivity index (χ0n) is 11.1. The van der Waals surface area contributed by atoms with Crippen molar-refractivity contribution < 1.29 is 14.7 Å². The van der Waals surface area contributed by atoms with Crippen LogP contribution in [-0.4, -0.2) is 47.1 Å². The lowest BCUT2D eigenvalue weighted by Crippen LogP contribution is -2.56. The molecule has 1 atom stereocenters. The minimum absolute atomic E-state index is 0.0403. The van der Waals surface area contributed by atoms with E-state index in [-0.39, 0.29) is 17.9 Å². The van der Waals surface area contributed by atoms with Crippen LogP contribution in [0.1, 0.15) is 39.5 Å². The van der Waals surface area contributed by atoms with Gasteiger partial charge in [0.2, 0.25) is 5.91 Å². The summed E-state index contributed by atoms with van der Waals surface area (Å²) >= 11 is 0. The predicted octanol–water partition coefficient (Wildman–Crippen LogP) is 0.840. The highest BCUT2D eigenvalue weighted by Crippen LogP contribution is 2.35. The molecule has 5 nitrogen and oxygen atoms in total. The molecule has 1 aliphatic heterocycles. The van der Waals surface area contributed by atoms with Crippen molar-refractivity contribution in [3.8, 4) is 0 Å². The smallest absolute Gasteiger partial charge is 0.321 e. The third kappa shape index (κ3) is 3.02. The Kier molecular flexibility index (Phi) is 3.61. The number of nitrogens with one attached hydrogen (secondary N) is 1. The zero-order chi connectivity index (χ0) is 13.3. The SMILES string of the molecule is CC1(C)CCCN(CC(=O)NC2CC2)C1C(=O)O. The van der Waals surface area contributed by atoms with Crippen LogP contribution in [0.5, 0.6) is 0 Å². The molecule has 1 saturated heterocycles. The largest absolute Gasteiger partial charge is 0.480 e. The fourth-order valence-electron chi connectivity index (χ4n) is 2.84. The molecule has 1 heterocycles. The molecule has 0 spiro atoms. The van der Waals surface area contributed by atoms with Crippen LogP contribution in [0.25, 0.3) is 0 Å². The van der Waals surface area contributed by atoms with Gasteiger partial charge in [0.25, 0.3) is 0 Å². The molecular weight excluding hydrogens is 232 g/mol. The standard InChI is InChI=1S/C13H22N2O3/c1-13(2)6-3-7-15(11(13)12(17)18)8-10(16)14-9-4-5-9/h9,11H,3-8H2,1-2H3,(H,14,16)(H,17,18). The Morgan fingerprint density at radius 2 is 2.06 bits per heavy atom. The normalized spacial score (nSPS) is 27.8. The van der Waals surface area contributed by atoms with Gasteiger partial charge < -0.3 is 10.4 Å². The first-order valence-corrected chi connectivity index (χ1v) is 6.66. The van der Waals surface area contributed by atoms with Crippen LogP contribution in [0.3, 0.4) is 0 Å². The molecule has 0 radical (unpaired) electrons. The fraction of sp³-hybridized carbons (Fsp3) is 0.846. The highest BCUT2D eigenvalue weighted by atomic mass is 16.4. The van der Waals surface area contributed by atoms with E-state index in [1.807, 2.05) is 18.7 Å². The van der Waals surface area contributed by atoms with Crippen molar-refractivity contribution in [2.45, 2.75) is 51.6 Å². The summed E-state index contributed by atoms with van der Waals surface area (Å²) in [5.74, 6) is -0.861. The molecule has 2 N–H and O–H groups in total. The molecule has 18 heavy (non-hydrogen) atoms. The Balaban J connectivity index is 1.99. The van der Waals surface area contributed by atoms with Crippen LogP contribution in [0.2, 0.25) is 0 Å². The van der Waals surface area contributed by atoms with Gasteiger partial charge in [-0.25, -0.2) is 0 Å². The maximum absolute atomic E-state index is 11.8. The number of hydrogen-bond donors (Lipinski definition) is 2. The number of carbonyl (C=O) groups excluding carboxylic acids is 1. The monoisotopic (exact) mass is 254 g/mol. The lowest BCUT2D eigenvalue weighted by Gasteiger charge is -2.43. The minimum Gasteiger partial charge on any atom is -0.480 e. The Bertz CT molecular complexity index is 350. The van der Waals surface area contributed by atoms with Crippen LogP contribution in [-0.2, 0) is 9.59 Å². The number of nitrogens with zero attached hydrogens (tertiary/aromatic N) is 1. The average Bonchev–Trinajstić information content (AvgIpc) is 2.98. The Hall–Kier alpha value is -1.10. The number of piperidine rings is 1. The molecule has 102 valence electrons. The van der Waals surface area contributed by atoms with Gasteiger partial charge in [-0.05, 0) is 37.6 Å². The van der Waals surface area contributed by atoms with E-state index in [1.54, 1.807) is 0 Å². The molecule has 2 fully saturated rings. The molecule has 1 unspecified atom stereocenters. The second-order valence-corrected chi connectivity index (χ2v) is 6.15. The fourth-order valence-corrected chi connectivity index (χ4v) is 2.84. The van der Waals surface area contributed by atoms with Gasteiger partial charge in [0.1, 0.15) is 6.04 Å². The van der Waals surface area contributed by atoms with Crippen molar-refractivity contribution in [1.82, 2.24) is 10.2 Å². The summed E-state index contributed by atoms with van der Waals surface area (Å²) in [5, 5.41) is 12.3. The van der Waals surface area contributed by atoms with Gasteiger partial charge in [-0.3, -0.25) is 14.5 Å². The van der Waals surface area contributed by atoms with Crippen LogP contribution < -0.4 is 5.32 Å². The first kappa shape index (κ1) is 13.3. The molecule has 0 aromatic carbocycles. The quantitative estimate of drug-likeness (QED) is 0.780. The summed E-state index contributed by atoms with van der Waals surface area (Å²) in [5.41, 5.74) is -0.274. The molecule has 2 rings (SSSR count). The molecule has 1 aliphatic carbocycles. The third-order valence-electron chi connectivity index (χ3n) is 3.89. The van der Waals surface area contributed by atoms with E-state index in [2.05, 4.69) is 5.32 Å². The van der Waals surface area contributed by atoms with Crippen molar-refractivity contribution >= 4 is 11.9 Å². The first-order valence-electron chi connectivity index (χ1n) is 6.66. The van der Waals surface area contributed by atoms with Gasteiger partial charge in [-0.2, -0.15) is 0 Å². The summed E-state index contributed by atoms with van der Waals surface area (Å²) in [7, 11) is 0. The molecule has 0 bridgehead atoms. The number of likely N-dealkylation sites (tertiary alicyclic amines) is 1. The van der Waals surface area contributed by atoms with E-state index in [9.17, 15) is 14.7 Å². The van der Waals surface area contributed by atoms with Crippen LogP contribution in [0.15, 0.2) is 0 Å². The number of hydrogen-bond acceptors (Lipinski definition) is 3. The van der Waals surface area contributed by atoms with Crippen molar-refractivity contribution in [1.29, 1.82) is 0 Å². The zero-order valence-corrected chi connectivity index (χ0v) is 11.1. The van der Waals surface area contributed by atoms with Gasteiger partial charge >= 0.3 is 5.97 Å². The average molecular weight is 254 g/mol. The van der Waals surface area contributed by atoms with Gasteiger partial charge in [-0.1, -0.05) is 13.8 Å². The highest BCUT2D eigenvalue weighted by molar-refractivity contribution is 5.80. The van der Waals surface area contributed by atoms with Gasteiger partial charge in [0, 0.05) is 6.04 Å². The van der Waals surface area contributed by atoms with E-state index in [1.165, 1.54) is 0 Å². The van der Waals surface area contributed by atoms with Crippen LogP contribution >= 0.6 is 0 Å². The summed E-state index contributed by atoms with van der Waals surface area (Å²) in [6.45, 7) is 4.84. The second kappa shape index (κ2) is 4.88.